The molecule has 0 atom stereocenters. The number of hydrogen-bond acceptors (Lipinski definition) is 3. The van der Waals surface area contributed by atoms with Crippen LogP contribution in [0.5, 0.6) is 0 Å². The molecule has 0 spiro atoms. The maximum atomic E-state index is 11.8. The van der Waals surface area contributed by atoms with Crippen molar-refractivity contribution in [1.29, 1.82) is 0 Å². The Morgan fingerprint density at radius 1 is 1.38 bits per heavy atom. The van der Waals surface area contributed by atoms with Gasteiger partial charge in [0.05, 0.1) is 17.5 Å². The SMILES string of the molecule is O=C1Nc2cnccc2C1=Cc1cccs1. The van der Waals surface area contributed by atoms with Crippen molar-refractivity contribution in [2.75, 3.05) is 5.32 Å². The highest BCUT2D eigenvalue weighted by Gasteiger charge is 2.23. The molecule has 3 rings (SSSR count). The van der Waals surface area contributed by atoms with E-state index < -0.39 is 0 Å². The Hall–Kier alpha value is -1.94. The van der Waals surface area contributed by atoms with Crippen LogP contribution in [0, 0.1) is 0 Å². The molecule has 78 valence electrons. The summed E-state index contributed by atoms with van der Waals surface area (Å²) in [7, 11) is 0. The Bertz CT molecular complexity index is 572. The Kier molecular flexibility index (Phi) is 2.08. The van der Waals surface area contributed by atoms with Crippen LogP contribution in [0.4, 0.5) is 5.69 Å². The first kappa shape index (κ1) is 9.30. The van der Waals surface area contributed by atoms with Gasteiger partial charge in [-0.25, -0.2) is 0 Å². The first-order valence-corrected chi connectivity index (χ1v) is 5.73. The summed E-state index contributed by atoms with van der Waals surface area (Å²) >= 11 is 1.61. The molecule has 0 saturated carbocycles. The zero-order chi connectivity index (χ0) is 11.0. The number of nitrogens with zero attached hydrogens (tertiary/aromatic N) is 1. The van der Waals surface area contributed by atoms with E-state index in [0.717, 1.165) is 16.1 Å². The molecule has 2 aromatic rings. The second-order valence-corrected chi connectivity index (χ2v) is 4.43. The number of anilines is 1. The molecule has 4 heteroatoms. The summed E-state index contributed by atoms with van der Waals surface area (Å²) < 4.78 is 0. The van der Waals surface area contributed by atoms with E-state index in [9.17, 15) is 4.79 Å². The van der Waals surface area contributed by atoms with E-state index in [-0.39, 0.29) is 5.91 Å². The largest absolute Gasteiger partial charge is 0.320 e. The average molecular weight is 228 g/mol. The maximum absolute atomic E-state index is 11.8. The lowest BCUT2D eigenvalue weighted by Gasteiger charge is -1.95. The van der Waals surface area contributed by atoms with E-state index >= 15 is 0 Å². The molecule has 0 bridgehead atoms. The molecule has 1 N–H and O–H groups in total. The van der Waals surface area contributed by atoms with Crippen LogP contribution in [0.15, 0.2) is 36.0 Å². The highest BCUT2D eigenvalue weighted by Crippen LogP contribution is 2.32. The number of aromatic nitrogens is 1. The summed E-state index contributed by atoms with van der Waals surface area (Å²) in [5, 5.41) is 4.79. The number of thiophene rings is 1. The molecule has 0 aliphatic carbocycles. The minimum atomic E-state index is -0.0589. The molecule has 0 fully saturated rings. The average Bonchev–Trinajstić information content (AvgIpc) is 2.89. The Morgan fingerprint density at radius 3 is 3.12 bits per heavy atom. The van der Waals surface area contributed by atoms with Crippen molar-refractivity contribution in [2.45, 2.75) is 0 Å². The summed E-state index contributed by atoms with van der Waals surface area (Å²) in [6.07, 6.45) is 5.27. The Labute approximate surface area is 96.5 Å². The van der Waals surface area contributed by atoms with E-state index in [4.69, 9.17) is 0 Å². The molecule has 2 aromatic heterocycles. The molecule has 1 amide bonds. The van der Waals surface area contributed by atoms with Crippen molar-refractivity contribution in [3.05, 3.63) is 46.4 Å². The van der Waals surface area contributed by atoms with Crippen LogP contribution in [0.25, 0.3) is 11.6 Å². The van der Waals surface area contributed by atoms with Gasteiger partial charge in [-0.15, -0.1) is 11.3 Å². The van der Waals surface area contributed by atoms with Crippen molar-refractivity contribution < 1.29 is 4.79 Å². The lowest BCUT2D eigenvalue weighted by molar-refractivity contribution is -0.110. The fourth-order valence-corrected chi connectivity index (χ4v) is 2.36. The van der Waals surface area contributed by atoms with Crippen LogP contribution in [-0.2, 0) is 4.79 Å². The van der Waals surface area contributed by atoms with Crippen LogP contribution in [-0.4, -0.2) is 10.9 Å². The van der Waals surface area contributed by atoms with E-state index in [1.807, 2.05) is 29.7 Å². The quantitative estimate of drug-likeness (QED) is 0.762. The van der Waals surface area contributed by atoms with E-state index in [2.05, 4.69) is 10.3 Å². The van der Waals surface area contributed by atoms with Crippen molar-refractivity contribution in [3.63, 3.8) is 0 Å². The second-order valence-electron chi connectivity index (χ2n) is 3.45. The molecule has 3 heterocycles. The number of carbonyl (C=O) groups is 1. The lowest BCUT2D eigenvalue weighted by Crippen LogP contribution is -2.03. The third-order valence-corrected chi connectivity index (χ3v) is 3.25. The number of pyridine rings is 1. The molecule has 3 nitrogen and oxygen atoms in total. The van der Waals surface area contributed by atoms with Gasteiger partial charge < -0.3 is 5.32 Å². The molecular weight excluding hydrogens is 220 g/mol. The molecule has 0 unspecified atom stereocenters. The molecule has 1 aliphatic heterocycles. The fraction of sp³-hybridized carbons (Fsp3) is 0. The van der Waals surface area contributed by atoms with Crippen molar-refractivity contribution in [1.82, 2.24) is 4.98 Å². The van der Waals surface area contributed by atoms with Crippen molar-refractivity contribution in [2.24, 2.45) is 0 Å². The van der Waals surface area contributed by atoms with Gasteiger partial charge in [0.15, 0.2) is 0 Å². The molecule has 0 radical (unpaired) electrons. The van der Waals surface area contributed by atoms with Gasteiger partial charge in [-0.1, -0.05) is 6.07 Å². The highest BCUT2D eigenvalue weighted by atomic mass is 32.1. The zero-order valence-corrected chi connectivity index (χ0v) is 9.12. The summed E-state index contributed by atoms with van der Waals surface area (Å²) in [6.45, 7) is 0. The van der Waals surface area contributed by atoms with Crippen LogP contribution in [0.2, 0.25) is 0 Å². The van der Waals surface area contributed by atoms with Gasteiger partial charge in [-0.3, -0.25) is 9.78 Å². The molecule has 16 heavy (non-hydrogen) atoms. The van der Waals surface area contributed by atoms with E-state index in [1.165, 1.54) is 0 Å². The number of nitrogens with one attached hydrogen (secondary N) is 1. The predicted molar refractivity (Wildman–Crippen MR) is 65.1 cm³/mol. The predicted octanol–water partition coefficient (Wildman–Crippen LogP) is 2.64. The number of carbonyl (C=O) groups excluding carboxylic acids is 1. The maximum Gasteiger partial charge on any atom is 0.256 e. The van der Waals surface area contributed by atoms with Gasteiger partial charge in [-0.05, 0) is 23.6 Å². The summed E-state index contributed by atoms with van der Waals surface area (Å²) in [6, 6.07) is 5.81. The number of rotatable bonds is 1. The summed E-state index contributed by atoms with van der Waals surface area (Å²) in [5.74, 6) is -0.0589. The number of hydrogen-bond donors (Lipinski definition) is 1. The van der Waals surface area contributed by atoms with Gasteiger partial charge in [0.2, 0.25) is 0 Å². The van der Waals surface area contributed by atoms with E-state index in [1.54, 1.807) is 23.7 Å². The third-order valence-electron chi connectivity index (χ3n) is 2.43. The third kappa shape index (κ3) is 1.44. The Balaban J connectivity index is 2.12. The zero-order valence-electron chi connectivity index (χ0n) is 8.31. The monoisotopic (exact) mass is 228 g/mol. The molecular formula is C12H8N2OS. The van der Waals surface area contributed by atoms with Gasteiger partial charge >= 0.3 is 0 Å². The van der Waals surface area contributed by atoms with Crippen molar-refractivity contribution >= 4 is 34.6 Å². The smallest absolute Gasteiger partial charge is 0.256 e. The first-order chi connectivity index (χ1) is 7.84. The number of amides is 1. The van der Waals surface area contributed by atoms with Gasteiger partial charge in [-0.2, -0.15) is 0 Å². The normalized spacial score (nSPS) is 16.2. The lowest BCUT2D eigenvalue weighted by atomic mass is 10.1. The van der Waals surface area contributed by atoms with E-state index in [0.29, 0.717) is 5.57 Å². The summed E-state index contributed by atoms with van der Waals surface area (Å²) in [4.78, 5) is 16.8. The standard InChI is InChI=1S/C12H8N2OS/c15-12-10(6-8-2-1-5-16-8)9-3-4-13-7-11(9)14-12/h1-7H,(H,14,15). The summed E-state index contributed by atoms with van der Waals surface area (Å²) in [5.41, 5.74) is 2.42. The molecule has 0 aromatic carbocycles. The number of fused-ring (bicyclic) bond motifs is 1. The van der Waals surface area contributed by atoms with Crippen LogP contribution in [0.1, 0.15) is 10.4 Å². The minimum Gasteiger partial charge on any atom is -0.320 e. The minimum absolute atomic E-state index is 0.0589. The highest BCUT2D eigenvalue weighted by molar-refractivity contribution is 7.11. The topological polar surface area (TPSA) is 42.0 Å². The first-order valence-electron chi connectivity index (χ1n) is 4.85. The van der Waals surface area contributed by atoms with Crippen LogP contribution < -0.4 is 5.32 Å². The second kappa shape index (κ2) is 3.57. The van der Waals surface area contributed by atoms with Gasteiger partial charge in [0, 0.05) is 16.6 Å². The fourth-order valence-electron chi connectivity index (χ4n) is 1.70. The Morgan fingerprint density at radius 2 is 2.31 bits per heavy atom. The van der Waals surface area contributed by atoms with Gasteiger partial charge in [0.25, 0.3) is 5.91 Å². The van der Waals surface area contributed by atoms with Crippen LogP contribution in [0.3, 0.4) is 0 Å². The molecule has 0 saturated heterocycles. The molecule has 1 aliphatic rings. The van der Waals surface area contributed by atoms with Crippen LogP contribution >= 0.6 is 11.3 Å². The van der Waals surface area contributed by atoms with Gasteiger partial charge in [0.1, 0.15) is 0 Å². The van der Waals surface area contributed by atoms with Crippen molar-refractivity contribution in [3.8, 4) is 0 Å².